The molecule has 1 aromatic carbocycles. The molecule has 0 aromatic heterocycles. The summed E-state index contributed by atoms with van der Waals surface area (Å²) in [5.74, 6) is -3.32. The number of benzene rings is 1. The summed E-state index contributed by atoms with van der Waals surface area (Å²) in [4.78, 5) is 48.4. The molecule has 35 heavy (non-hydrogen) atoms. The molecule has 0 aliphatic rings. The first-order chi connectivity index (χ1) is 16.1. The van der Waals surface area contributed by atoms with Crippen molar-refractivity contribution in [1.29, 1.82) is 0 Å². The molecule has 0 spiro atoms. The van der Waals surface area contributed by atoms with E-state index in [1.165, 1.54) is 0 Å². The fraction of sp³-hybridized carbons (Fsp3) is 0.600. The Morgan fingerprint density at radius 1 is 0.829 bits per heavy atom. The maximum atomic E-state index is 13.1. The summed E-state index contributed by atoms with van der Waals surface area (Å²) in [7, 11) is 2.29. The number of hydrogen-bond donors (Lipinski definition) is 4. The van der Waals surface area contributed by atoms with Crippen LogP contribution < -0.4 is 10.6 Å². The van der Waals surface area contributed by atoms with Crippen molar-refractivity contribution in [2.75, 3.05) is 11.5 Å². The van der Waals surface area contributed by atoms with Crippen LogP contribution in [0.25, 0.3) is 0 Å². The van der Waals surface area contributed by atoms with Gasteiger partial charge in [-0.05, 0) is 22.8 Å². The molecule has 4 N–H and O–H groups in total. The molecule has 0 heterocycles. The van der Waals surface area contributed by atoms with Gasteiger partial charge >= 0.3 is 11.9 Å². The Kier molecular flexibility index (Phi) is 12.1. The quantitative estimate of drug-likeness (QED) is 0.225. The minimum absolute atomic E-state index is 0.0518. The van der Waals surface area contributed by atoms with Gasteiger partial charge in [-0.1, -0.05) is 93.5 Å². The van der Waals surface area contributed by atoms with E-state index in [1.807, 2.05) is 71.9 Å². The highest BCUT2D eigenvalue weighted by Gasteiger charge is 2.34. The van der Waals surface area contributed by atoms with Crippen molar-refractivity contribution in [3.63, 3.8) is 0 Å². The fourth-order valence-corrected chi connectivity index (χ4v) is 5.53. The number of carbonyl (C=O) groups excluding carboxylic acids is 2. The van der Waals surface area contributed by atoms with Crippen LogP contribution in [0.3, 0.4) is 0 Å². The van der Waals surface area contributed by atoms with Crippen LogP contribution in [0.15, 0.2) is 30.3 Å². The largest absolute Gasteiger partial charge is 0.480 e. The van der Waals surface area contributed by atoms with Crippen molar-refractivity contribution in [3.8, 4) is 0 Å². The smallest absolute Gasteiger partial charge is 0.327 e. The van der Waals surface area contributed by atoms with E-state index in [4.69, 9.17) is 0 Å². The summed E-state index contributed by atoms with van der Waals surface area (Å²) in [5.41, 5.74) is 0.339. The Labute approximate surface area is 215 Å². The number of amides is 2. The molecule has 0 radical (unpaired) electrons. The van der Waals surface area contributed by atoms with Gasteiger partial charge in [-0.2, -0.15) is 0 Å². The molecule has 196 valence electrons. The highest BCUT2D eigenvalue weighted by Crippen LogP contribution is 2.30. The van der Waals surface area contributed by atoms with Gasteiger partial charge in [0, 0.05) is 23.8 Å². The van der Waals surface area contributed by atoms with E-state index in [1.54, 1.807) is 0 Å². The minimum Gasteiger partial charge on any atom is -0.480 e. The molecule has 0 aliphatic heterocycles. The third-order valence-corrected chi connectivity index (χ3v) is 7.56. The van der Waals surface area contributed by atoms with E-state index in [-0.39, 0.29) is 40.6 Å². The summed E-state index contributed by atoms with van der Waals surface area (Å²) in [6.45, 7) is 11.5. The normalized spacial score (nSPS) is 14.5. The Morgan fingerprint density at radius 2 is 1.31 bits per heavy atom. The third kappa shape index (κ3) is 12.4. The molecule has 3 atom stereocenters. The van der Waals surface area contributed by atoms with Crippen molar-refractivity contribution < 1.29 is 29.4 Å². The lowest BCUT2D eigenvalue weighted by molar-refractivity contribution is -0.142. The molecule has 0 bridgehead atoms. The van der Waals surface area contributed by atoms with Crippen LogP contribution in [0.5, 0.6) is 0 Å². The molecule has 8 nitrogen and oxygen atoms in total. The molecule has 0 saturated carbocycles. The molecule has 0 saturated heterocycles. The number of hydrogen-bond acceptors (Lipinski definition) is 6. The predicted octanol–water partition coefficient (Wildman–Crippen LogP) is 3.85. The average molecular weight is 527 g/mol. The maximum Gasteiger partial charge on any atom is 0.327 e. The first-order valence-electron chi connectivity index (χ1n) is 11.4. The lowest BCUT2D eigenvalue weighted by Gasteiger charge is -2.31. The van der Waals surface area contributed by atoms with Crippen LogP contribution in [0.1, 0.15) is 53.5 Å². The summed E-state index contributed by atoms with van der Waals surface area (Å²) in [5, 5.41) is 24.2. The summed E-state index contributed by atoms with van der Waals surface area (Å²) in [6.07, 6.45) is 0.679. The zero-order chi connectivity index (χ0) is 26.8. The molecular formula is C25H38N2O6S2. The van der Waals surface area contributed by atoms with E-state index < -0.39 is 29.9 Å². The Bertz CT molecular complexity index is 865. The van der Waals surface area contributed by atoms with Crippen molar-refractivity contribution in [1.82, 2.24) is 10.6 Å². The number of rotatable bonds is 13. The van der Waals surface area contributed by atoms with Crippen LogP contribution in [0.4, 0.5) is 0 Å². The molecule has 2 unspecified atom stereocenters. The standard InChI is InChI=1S/C25H38N2O6S2/c1-24(2,3)13-20(28)26-18(22(30)31)14-34-35-15-19(23(32)33)27-21(29)17(25(4,5)6)12-16-10-8-7-9-11-16/h7-11,17-19H,12-15H2,1-6H3,(H,26,28)(H,27,29)(H,30,31)(H,32,33)/t17-,18?,19?/m0/s1. The van der Waals surface area contributed by atoms with Gasteiger partial charge in [0.05, 0.1) is 0 Å². The first kappa shape index (κ1) is 30.8. The van der Waals surface area contributed by atoms with Crippen LogP contribution in [0.2, 0.25) is 0 Å². The highest BCUT2D eigenvalue weighted by molar-refractivity contribution is 8.76. The van der Waals surface area contributed by atoms with E-state index in [9.17, 15) is 29.4 Å². The fourth-order valence-electron chi connectivity index (χ4n) is 3.22. The topological polar surface area (TPSA) is 133 Å². The number of aliphatic carboxylic acids is 2. The zero-order valence-electron chi connectivity index (χ0n) is 21.3. The van der Waals surface area contributed by atoms with Gasteiger partial charge in [0.15, 0.2) is 0 Å². The second kappa shape index (κ2) is 13.8. The number of carboxylic acids is 2. The Morgan fingerprint density at radius 3 is 1.74 bits per heavy atom. The molecule has 0 fully saturated rings. The van der Waals surface area contributed by atoms with Crippen molar-refractivity contribution in [2.24, 2.45) is 16.7 Å². The molecule has 2 amide bonds. The number of carbonyl (C=O) groups is 4. The zero-order valence-corrected chi connectivity index (χ0v) is 22.9. The number of nitrogens with one attached hydrogen (secondary N) is 2. The SMILES string of the molecule is CC(C)(C)CC(=O)NC(CSSCC(NC(=O)[C@H](Cc1ccccc1)C(C)(C)C)C(=O)O)C(=O)O. The van der Waals surface area contributed by atoms with Gasteiger partial charge in [-0.15, -0.1) is 0 Å². The highest BCUT2D eigenvalue weighted by atomic mass is 33.1. The maximum absolute atomic E-state index is 13.1. The molecule has 1 rings (SSSR count). The lowest BCUT2D eigenvalue weighted by atomic mass is 9.76. The minimum atomic E-state index is -1.16. The molecule has 1 aromatic rings. The van der Waals surface area contributed by atoms with Gasteiger partial charge in [-0.25, -0.2) is 9.59 Å². The predicted molar refractivity (Wildman–Crippen MR) is 141 cm³/mol. The number of carboxylic acid groups (broad SMARTS) is 2. The second-order valence-corrected chi connectivity index (χ2v) is 13.3. The van der Waals surface area contributed by atoms with Crippen LogP contribution >= 0.6 is 21.6 Å². The van der Waals surface area contributed by atoms with E-state index in [0.717, 1.165) is 27.2 Å². The van der Waals surface area contributed by atoms with Crippen LogP contribution in [0, 0.1) is 16.7 Å². The van der Waals surface area contributed by atoms with Gasteiger partial charge in [-0.3, -0.25) is 9.59 Å². The summed E-state index contributed by atoms with van der Waals surface area (Å²) >= 11 is 0. The summed E-state index contributed by atoms with van der Waals surface area (Å²) in [6, 6.07) is 7.36. The Hall–Kier alpha value is -2.20. The second-order valence-electron chi connectivity index (χ2n) is 10.8. The van der Waals surface area contributed by atoms with Gasteiger partial charge in [0.1, 0.15) is 12.1 Å². The van der Waals surface area contributed by atoms with Crippen molar-refractivity contribution in [2.45, 2.75) is 66.5 Å². The monoisotopic (exact) mass is 526 g/mol. The Balaban J connectivity index is 2.69. The lowest BCUT2D eigenvalue weighted by Crippen LogP contribution is -2.48. The van der Waals surface area contributed by atoms with Crippen molar-refractivity contribution >= 4 is 45.3 Å². The molecular weight excluding hydrogens is 488 g/mol. The van der Waals surface area contributed by atoms with E-state index in [0.29, 0.717) is 6.42 Å². The third-order valence-electron chi connectivity index (χ3n) is 5.14. The van der Waals surface area contributed by atoms with E-state index >= 15 is 0 Å². The molecule has 10 heteroatoms. The van der Waals surface area contributed by atoms with Gasteiger partial charge in [0.25, 0.3) is 0 Å². The van der Waals surface area contributed by atoms with E-state index in [2.05, 4.69) is 10.6 Å². The van der Waals surface area contributed by atoms with Crippen LogP contribution in [-0.2, 0) is 25.6 Å². The first-order valence-corrected chi connectivity index (χ1v) is 13.9. The van der Waals surface area contributed by atoms with Crippen molar-refractivity contribution in [3.05, 3.63) is 35.9 Å². The average Bonchev–Trinajstić information content (AvgIpc) is 2.71. The van der Waals surface area contributed by atoms with Gasteiger partial charge in [0.2, 0.25) is 11.8 Å². The molecule has 0 aliphatic carbocycles. The summed E-state index contributed by atoms with van der Waals surface area (Å²) < 4.78 is 0. The van der Waals surface area contributed by atoms with Gasteiger partial charge < -0.3 is 20.8 Å². The van der Waals surface area contributed by atoms with Crippen LogP contribution in [-0.4, -0.2) is 57.6 Å².